The van der Waals surface area contributed by atoms with Crippen LogP contribution in [0.1, 0.15) is 18.4 Å². The van der Waals surface area contributed by atoms with Crippen molar-refractivity contribution >= 4 is 0 Å². The smallest absolute Gasteiger partial charge is 0.162 e. The molecular weight excluding hydrogens is 230 g/mol. The zero-order valence-corrected chi connectivity index (χ0v) is 11.1. The number of phenolic OH excluding ortho intramolecular Hbond substituents is 1. The summed E-state index contributed by atoms with van der Waals surface area (Å²) in [6.45, 7) is 2.78. The highest BCUT2D eigenvalue weighted by Gasteiger charge is 2.19. The van der Waals surface area contributed by atoms with E-state index >= 15 is 0 Å². The van der Waals surface area contributed by atoms with Gasteiger partial charge >= 0.3 is 0 Å². The molecule has 1 fully saturated rings. The van der Waals surface area contributed by atoms with Crippen LogP contribution in [0.3, 0.4) is 0 Å². The van der Waals surface area contributed by atoms with E-state index in [1.54, 1.807) is 20.3 Å². The maximum Gasteiger partial charge on any atom is 0.162 e. The molecule has 18 heavy (non-hydrogen) atoms. The SMILES string of the molecule is COc1cccc(CN2CCC(OC)CC2)c1O. The summed E-state index contributed by atoms with van der Waals surface area (Å²) in [4.78, 5) is 2.34. The third-order valence-corrected chi connectivity index (χ3v) is 3.56. The first kappa shape index (κ1) is 13.2. The molecule has 1 heterocycles. The predicted molar refractivity (Wildman–Crippen MR) is 70.0 cm³/mol. The lowest BCUT2D eigenvalue weighted by Crippen LogP contribution is -2.36. The number of nitrogens with zero attached hydrogens (tertiary/aromatic N) is 1. The van der Waals surface area contributed by atoms with Crippen molar-refractivity contribution in [2.24, 2.45) is 0 Å². The number of hydrogen-bond acceptors (Lipinski definition) is 4. The molecule has 0 atom stereocenters. The van der Waals surface area contributed by atoms with E-state index in [0.717, 1.165) is 38.0 Å². The lowest BCUT2D eigenvalue weighted by Gasteiger charge is -2.31. The minimum Gasteiger partial charge on any atom is -0.504 e. The number of methoxy groups -OCH3 is 2. The molecule has 0 aliphatic carbocycles. The van der Waals surface area contributed by atoms with Crippen molar-refractivity contribution in [2.45, 2.75) is 25.5 Å². The Morgan fingerprint density at radius 2 is 2.00 bits per heavy atom. The Labute approximate surface area is 108 Å². The van der Waals surface area contributed by atoms with Gasteiger partial charge in [0, 0.05) is 32.3 Å². The molecule has 1 aromatic carbocycles. The van der Waals surface area contributed by atoms with Crippen molar-refractivity contribution in [3.05, 3.63) is 23.8 Å². The summed E-state index contributed by atoms with van der Waals surface area (Å²) in [5.41, 5.74) is 0.921. The van der Waals surface area contributed by atoms with Crippen molar-refractivity contribution in [3.63, 3.8) is 0 Å². The molecule has 1 aliphatic heterocycles. The highest BCUT2D eigenvalue weighted by atomic mass is 16.5. The van der Waals surface area contributed by atoms with E-state index in [2.05, 4.69) is 4.90 Å². The lowest BCUT2D eigenvalue weighted by atomic mass is 10.1. The Morgan fingerprint density at radius 3 is 2.61 bits per heavy atom. The van der Waals surface area contributed by atoms with Crippen LogP contribution in [0.15, 0.2) is 18.2 Å². The van der Waals surface area contributed by atoms with Gasteiger partial charge in [-0.25, -0.2) is 0 Å². The van der Waals surface area contributed by atoms with Gasteiger partial charge in [0.2, 0.25) is 0 Å². The monoisotopic (exact) mass is 251 g/mol. The summed E-state index contributed by atoms with van der Waals surface area (Å²) in [6, 6.07) is 5.63. The van der Waals surface area contributed by atoms with Crippen LogP contribution in [-0.4, -0.2) is 43.4 Å². The molecule has 1 aliphatic rings. The Kier molecular flexibility index (Phi) is 4.44. The molecule has 0 spiro atoms. The van der Waals surface area contributed by atoms with Crippen LogP contribution in [-0.2, 0) is 11.3 Å². The number of likely N-dealkylation sites (tertiary alicyclic amines) is 1. The topological polar surface area (TPSA) is 41.9 Å². The molecule has 1 aromatic rings. The molecule has 0 bridgehead atoms. The molecule has 4 nitrogen and oxygen atoms in total. The fourth-order valence-corrected chi connectivity index (χ4v) is 2.40. The van der Waals surface area contributed by atoms with Gasteiger partial charge in [-0.2, -0.15) is 0 Å². The molecule has 2 rings (SSSR count). The lowest BCUT2D eigenvalue weighted by molar-refractivity contribution is 0.0386. The number of piperidine rings is 1. The molecule has 1 N–H and O–H groups in total. The zero-order valence-electron chi connectivity index (χ0n) is 11.1. The standard InChI is InChI=1S/C14H21NO3/c1-17-12-6-8-15(9-7-12)10-11-4-3-5-13(18-2)14(11)16/h3-5,12,16H,6-10H2,1-2H3. The van der Waals surface area contributed by atoms with Crippen LogP contribution in [0.4, 0.5) is 0 Å². The van der Waals surface area contributed by atoms with Gasteiger partial charge in [-0.3, -0.25) is 4.90 Å². The van der Waals surface area contributed by atoms with E-state index in [0.29, 0.717) is 11.9 Å². The molecule has 0 saturated carbocycles. The number of para-hydroxylation sites is 1. The van der Waals surface area contributed by atoms with Gasteiger partial charge < -0.3 is 14.6 Å². The molecule has 0 aromatic heterocycles. The van der Waals surface area contributed by atoms with Gasteiger partial charge in [-0.15, -0.1) is 0 Å². The van der Waals surface area contributed by atoms with Crippen LogP contribution in [0, 0.1) is 0 Å². The number of benzene rings is 1. The van der Waals surface area contributed by atoms with Crippen molar-refractivity contribution < 1.29 is 14.6 Å². The van der Waals surface area contributed by atoms with Crippen LogP contribution < -0.4 is 4.74 Å². The highest BCUT2D eigenvalue weighted by Crippen LogP contribution is 2.30. The fourth-order valence-electron chi connectivity index (χ4n) is 2.40. The summed E-state index contributed by atoms with van der Waals surface area (Å²) in [5, 5.41) is 10.0. The largest absolute Gasteiger partial charge is 0.504 e. The molecule has 100 valence electrons. The number of ether oxygens (including phenoxy) is 2. The Balaban J connectivity index is 1.98. The minimum absolute atomic E-state index is 0.258. The molecule has 0 radical (unpaired) electrons. The summed E-state index contributed by atoms with van der Waals surface area (Å²) >= 11 is 0. The Morgan fingerprint density at radius 1 is 1.28 bits per heavy atom. The van der Waals surface area contributed by atoms with Gasteiger partial charge in [0.15, 0.2) is 11.5 Å². The average Bonchev–Trinajstić information content (AvgIpc) is 2.42. The van der Waals surface area contributed by atoms with Crippen LogP contribution >= 0.6 is 0 Å². The van der Waals surface area contributed by atoms with E-state index < -0.39 is 0 Å². The average molecular weight is 251 g/mol. The zero-order chi connectivity index (χ0) is 13.0. The normalized spacial score (nSPS) is 17.9. The minimum atomic E-state index is 0.258. The van der Waals surface area contributed by atoms with E-state index in [1.807, 2.05) is 12.1 Å². The van der Waals surface area contributed by atoms with Gasteiger partial charge in [0.25, 0.3) is 0 Å². The summed E-state index contributed by atoms with van der Waals surface area (Å²) in [6.07, 6.45) is 2.50. The van der Waals surface area contributed by atoms with E-state index in [9.17, 15) is 5.11 Å². The second kappa shape index (κ2) is 6.07. The summed E-state index contributed by atoms with van der Waals surface area (Å²) < 4.78 is 10.5. The number of hydrogen-bond donors (Lipinski definition) is 1. The fraction of sp³-hybridized carbons (Fsp3) is 0.571. The number of rotatable bonds is 4. The maximum atomic E-state index is 10.0. The Bertz CT molecular complexity index is 387. The first-order chi connectivity index (χ1) is 8.74. The molecular formula is C14H21NO3. The van der Waals surface area contributed by atoms with E-state index in [4.69, 9.17) is 9.47 Å². The highest BCUT2D eigenvalue weighted by molar-refractivity contribution is 5.45. The maximum absolute atomic E-state index is 10.0. The van der Waals surface area contributed by atoms with Gasteiger partial charge in [0.1, 0.15) is 0 Å². The van der Waals surface area contributed by atoms with Crippen molar-refractivity contribution in [1.29, 1.82) is 0 Å². The Hall–Kier alpha value is -1.26. The molecule has 0 unspecified atom stereocenters. The third-order valence-electron chi connectivity index (χ3n) is 3.56. The van der Waals surface area contributed by atoms with Crippen molar-refractivity contribution in [2.75, 3.05) is 27.3 Å². The van der Waals surface area contributed by atoms with E-state index in [1.165, 1.54) is 0 Å². The van der Waals surface area contributed by atoms with Crippen LogP contribution in [0.25, 0.3) is 0 Å². The second-order valence-corrected chi connectivity index (χ2v) is 4.68. The van der Waals surface area contributed by atoms with Gasteiger partial charge in [-0.05, 0) is 18.9 Å². The number of aromatic hydroxyl groups is 1. The van der Waals surface area contributed by atoms with Crippen molar-refractivity contribution in [3.8, 4) is 11.5 Å². The first-order valence-corrected chi connectivity index (χ1v) is 6.34. The third kappa shape index (κ3) is 2.94. The molecule has 1 saturated heterocycles. The van der Waals surface area contributed by atoms with Crippen LogP contribution in [0.5, 0.6) is 11.5 Å². The quantitative estimate of drug-likeness (QED) is 0.889. The predicted octanol–water partition coefficient (Wildman–Crippen LogP) is 2.01. The van der Waals surface area contributed by atoms with Gasteiger partial charge in [-0.1, -0.05) is 12.1 Å². The summed E-state index contributed by atoms with van der Waals surface area (Å²) in [7, 11) is 3.34. The van der Waals surface area contributed by atoms with Crippen molar-refractivity contribution in [1.82, 2.24) is 4.90 Å². The second-order valence-electron chi connectivity index (χ2n) is 4.68. The molecule has 0 amide bonds. The molecule has 4 heteroatoms. The van der Waals surface area contributed by atoms with Gasteiger partial charge in [0.05, 0.1) is 13.2 Å². The first-order valence-electron chi connectivity index (χ1n) is 6.34. The van der Waals surface area contributed by atoms with Crippen LogP contribution in [0.2, 0.25) is 0 Å². The summed E-state index contributed by atoms with van der Waals surface area (Å²) in [5.74, 6) is 0.799. The van der Waals surface area contributed by atoms with E-state index in [-0.39, 0.29) is 5.75 Å². The number of phenols is 1.